The number of hydrogen-bond acceptors (Lipinski definition) is 8. The van der Waals surface area contributed by atoms with Crippen molar-refractivity contribution in [2.75, 3.05) is 26.1 Å². The average Bonchev–Trinajstić information content (AvgIpc) is 3.31. The molecule has 1 aliphatic heterocycles. The number of ether oxygens (including phenoxy) is 4. The number of anilines is 1. The van der Waals surface area contributed by atoms with Crippen LogP contribution in [0.4, 0.5) is 5.00 Å². The summed E-state index contributed by atoms with van der Waals surface area (Å²) in [7, 11) is 1.61. The number of nitrogen functional groups attached to an aromatic ring is 1. The lowest BCUT2D eigenvalue weighted by atomic mass is 9.69. The van der Waals surface area contributed by atoms with E-state index < -0.39 is 17.9 Å². The van der Waals surface area contributed by atoms with E-state index >= 15 is 0 Å². The van der Waals surface area contributed by atoms with Gasteiger partial charge in [0.1, 0.15) is 27.8 Å². The van der Waals surface area contributed by atoms with Crippen LogP contribution >= 0.6 is 11.3 Å². The summed E-state index contributed by atoms with van der Waals surface area (Å²) >= 11 is 1.39. The highest BCUT2D eigenvalue weighted by Gasteiger charge is 2.47. The molecule has 7 nitrogen and oxygen atoms in total. The maximum absolute atomic E-state index is 13.8. The Labute approximate surface area is 238 Å². The number of fused-ring (bicyclic) bond motifs is 2. The lowest BCUT2D eigenvalue weighted by Gasteiger charge is -2.40. The van der Waals surface area contributed by atoms with Crippen molar-refractivity contribution in [3.05, 3.63) is 93.1 Å². The van der Waals surface area contributed by atoms with E-state index in [1.54, 1.807) is 21.0 Å². The highest BCUT2D eigenvalue weighted by atomic mass is 32.1. The normalized spacial score (nSPS) is 17.5. The summed E-state index contributed by atoms with van der Waals surface area (Å²) in [6, 6.07) is 17.1. The van der Waals surface area contributed by atoms with Gasteiger partial charge in [-0.3, -0.25) is 0 Å². The van der Waals surface area contributed by atoms with Crippen molar-refractivity contribution < 1.29 is 28.5 Å². The maximum atomic E-state index is 13.8. The Hall–Kier alpha value is -4.04. The maximum Gasteiger partial charge on any atom is 0.341 e. The van der Waals surface area contributed by atoms with E-state index in [9.17, 15) is 9.59 Å². The van der Waals surface area contributed by atoms with Crippen molar-refractivity contribution in [2.24, 2.45) is 0 Å². The van der Waals surface area contributed by atoms with Crippen LogP contribution in [0.1, 0.15) is 72.0 Å². The summed E-state index contributed by atoms with van der Waals surface area (Å²) in [5, 5.41) is 0.384. The van der Waals surface area contributed by atoms with Gasteiger partial charge in [0.15, 0.2) is 0 Å². The van der Waals surface area contributed by atoms with E-state index in [1.165, 1.54) is 11.3 Å². The summed E-state index contributed by atoms with van der Waals surface area (Å²) in [6.07, 6.45) is 0.552. The van der Waals surface area contributed by atoms with E-state index in [4.69, 9.17) is 24.7 Å². The first-order valence-electron chi connectivity index (χ1n) is 13.3. The second-order valence-corrected chi connectivity index (χ2v) is 11.4. The number of methoxy groups -OCH3 is 1. The Balaban J connectivity index is 1.85. The molecule has 2 aliphatic rings. The summed E-state index contributed by atoms with van der Waals surface area (Å²) in [6.45, 7) is 8.17. The van der Waals surface area contributed by atoms with Gasteiger partial charge in [0, 0.05) is 39.3 Å². The first-order chi connectivity index (χ1) is 19.2. The molecular weight excluding hydrogens is 526 g/mol. The van der Waals surface area contributed by atoms with Gasteiger partial charge in [-0.2, -0.15) is 0 Å². The standard InChI is InChI=1S/C32H33NO6S/c1-6-37-30(34)25-22(18-13-15-20(36-5)16-14-18)23-21(39-27(25)19-11-9-8-10-12-19)17-32(3,4)28-24(23)26(29(33)40-28)31(35)38-7-2/h8-16,22H,6-7,17,33H2,1-5H3. The molecule has 8 heteroatoms. The number of esters is 2. The van der Waals surface area contributed by atoms with E-state index in [0.29, 0.717) is 45.4 Å². The minimum absolute atomic E-state index is 0.198. The van der Waals surface area contributed by atoms with E-state index in [0.717, 1.165) is 21.6 Å². The van der Waals surface area contributed by atoms with Gasteiger partial charge in [-0.25, -0.2) is 9.59 Å². The van der Waals surface area contributed by atoms with Crippen LogP contribution in [0, 0.1) is 0 Å². The predicted octanol–water partition coefficient (Wildman–Crippen LogP) is 6.70. The monoisotopic (exact) mass is 559 g/mol. The molecule has 2 N–H and O–H groups in total. The van der Waals surface area contributed by atoms with Crippen LogP contribution in [0.3, 0.4) is 0 Å². The number of nitrogens with two attached hydrogens (primary N) is 1. The van der Waals surface area contributed by atoms with Crippen molar-refractivity contribution in [3.63, 3.8) is 0 Å². The van der Waals surface area contributed by atoms with Crippen molar-refractivity contribution in [1.29, 1.82) is 0 Å². The Morgan fingerprint density at radius 3 is 2.27 bits per heavy atom. The van der Waals surface area contributed by atoms with Crippen LogP contribution in [0.5, 0.6) is 5.75 Å². The van der Waals surface area contributed by atoms with Crippen LogP contribution in [0.2, 0.25) is 0 Å². The summed E-state index contributed by atoms with van der Waals surface area (Å²) in [5.41, 5.74) is 9.81. The fraction of sp³-hybridized carbons (Fsp3) is 0.312. The van der Waals surface area contributed by atoms with Crippen LogP contribution in [-0.4, -0.2) is 32.3 Å². The van der Waals surface area contributed by atoms with Gasteiger partial charge in [-0.1, -0.05) is 56.3 Å². The van der Waals surface area contributed by atoms with Crippen molar-refractivity contribution in [3.8, 4) is 5.75 Å². The molecule has 0 bridgehead atoms. The van der Waals surface area contributed by atoms with Crippen LogP contribution < -0.4 is 10.5 Å². The SMILES string of the molecule is CCOC(=O)C1=C(c2ccccc2)OC2=C(c3c(sc(N)c3C(=O)OCC)C(C)(C)C2)C1c1ccc(OC)cc1. The number of benzene rings is 2. The van der Waals surface area contributed by atoms with Gasteiger partial charge in [0.2, 0.25) is 0 Å². The van der Waals surface area contributed by atoms with Gasteiger partial charge >= 0.3 is 11.9 Å². The fourth-order valence-corrected chi connectivity index (χ4v) is 6.68. The Morgan fingerprint density at radius 1 is 1.00 bits per heavy atom. The average molecular weight is 560 g/mol. The number of allylic oxidation sites excluding steroid dienone is 2. The van der Waals surface area contributed by atoms with Crippen molar-refractivity contribution in [2.45, 2.75) is 45.4 Å². The fourth-order valence-electron chi connectivity index (χ4n) is 5.51. The third-order valence-electron chi connectivity index (χ3n) is 7.23. The number of rotatable bonds is 7. The van der Waals surface area contributed by atoms with Crippen LogP contribution in [-0.2, 0) is 24.4 Å². The lowest BCUT2D eigenvalue weighted by molar-refractivity contribution is -0.138. The molecule has 3 aromatic rings. The molecule has 1 atom stereocenters. The van der Waals surface area contributed by atoms with E-state index in [2.05, 4.69) is 13.8 Å². The third-order valence-corrected chi connectivity index (χ3v) is 8.61. The second-order valence-electron chi connectivity index (χ2n) is 10.3. The molecule has 1 unspecified atom stereocenters. The van der Waals surface area contributed by atoms with Gasteiger partial charge in [-0.05, 0) is 31.5 Å². The highest BCUT2D eigenvalue weighted by molar-refractivity contribution is 7.16. The van der Waals surface area contributed by atoms with Crippen molar-refractivity contribution >= 4 is 39.6 Å². The van der Waals surface area contributed by atoms with Gasteiger partial charge < -0.3 is 24.7 Å². The number of carbonyl (C=O) groups excluding carboxylic acids is 2. The molecule has 1 aliphatic carbocycles. The first-order valence-corrected chi connectivity index (χ1v) is 14.1. The minimum Gasteiger partial charge on any atom is -0.497 e. The largest absolute Gasteiger partial charge is 0.497 e. The predicted molar refractivity (Wildman–Crippen MR) is 156 cm³/mol. The molecule has 0 saturated carbocycles. The second kappa shape index (κ2) is 10.8. The van der Waals surface area contributed by atoms with Crippen LogP contribution in [0.25, 0.3) is 11.3 Å². The molecule has 0 spiro atoms. The smallest absolute Gasteiger partial charge is 0.341 e. The molecule has 5 rings (SSSR count). The van der Waals surface area contributed by atoms with Gasteiger partial charge in [0.05, 0.1) is 25.9 Å². The summed E-state index contributed by atoms with van der Waals surface area (Å²) in [5.74, 6) is 0.243. The molecule has 0 saturated heterocycles. The highest BCUT2D eigenvalue weighted by Crippen LogP contribution is 2.58. The molecule has 2 heterocycles. The quantitative estimate of drug-likeness (QED) is 0.322. The molecule has 40 heavy (non-hydrogen) atoms. The Bertz CT molecular complexity index is 1510. The van der Waals surface area contributed by atoms with E-state index in [-0.39, 0.29) is 18.6 Å². The first kappa shape index (κ1) is 27.5. The molecule has 2 aromatic carbocycles. The number of thiophene rings is 1. The Kier molecular flexibility index (Phi) is 7.47. The zero-order valence-electron chi connectivity index (χ0n) is 23.3. The molecule has 0 radical (unpaired) electrons. The molecular formula is C32H33NO6S. The zero-order valence-corrected chi connectivity index (χ0v) is 24.1. The minimum atomic E-state index is -0.596. The van der Waals surface area contributed by atoms with Crippen LogP contribution in [0.15, 0.2) is 65.9 Å². The van der Waals surface area contributed by atoms with Gasteiger partial charge in [-0.15, -0.1) is 11.3 Å². The molecule has 0 amide bonds. The molecule has 1 aromatic heterocycles. The summed E-state index contributed by atoms with van der Waals surface area (Å²) in [4.78, 5) is 28.1. The van der Waals surface area contributed by atoms with Gasteiger partial charge in [0.25, 0.3) is 0 Å². The molecule has 0 fully saturated rings. The zero-order chi connectivity index (χ0) is 28.6. The topological polar surface area (TPSA) is 97.1 Å². The Morgan fingerprint density at radius 2 is 1.65 bits per heavy atom. The number of carbonyl (C=O) groups is 2. The third kappa shape index (κ3) is 4.66. The summed E-state index contributed by atoms with van der Waals surface area (Å²) < 4.78 is 23.2. The van der Waals surface area contributed by atoms with E-state index in [1.807, 2.05) is 54.6 Å². The molecule has 208 valence electrons. The number of hydrogen-bond donors (Lipinski definition) is 1. The lowest BCUT2D eigenvalue weighted by Crippen LogP contribution is -2.31. The van der Waals surface area contributed by atoms with Crippen molar-refractivity contribution in [1.82, 2.24) is 0 Å².